The van der Waals surface area contributed by atoms with Gasteiger partial charge in [-0.1, -0.05) is 38.3 Å². The van der Waals surface area contributed by atoms with Crippen LogP contribution in [0.5, 0.6) is 0 Å². The molecule has 3 unspecified atom stereocenters. The van der Waals surface area contributed by atoms with Gasteiger partial charge >= 0.3 is 0 Å². The predicted octanol–water partition coefficient (Wildman–Crippen LogP) is 4.62. The molecule has 1 aromatic rings. The molecular formula is C16H22ClNOS. The van der Waals surface area contributed by atoms with Crippen LogP contribution in [0.15, 0.2) is 23.1 Å². The zero-order valence-electron chi connectivity index (χ0n) is 12.3. The van der Waals surface area contributed by atoms with Crippen LogP contribution in [-0.2, 0) is 0 Å². The minimum Gasteiger partial charge on any atom is -0.349 e. The zero-order chi connectivity index (χ0) is 14.7. The predicted molar refractivity (Wildman–Crippen MR) is 86.7 cm³/mol. The van der Waals surface area contributed by atoms with E-state index in [1.165, 1.54) is 12.8 Å². The van der Waals surface area contributed by atoms with Crippen molar-refractivity contribution >= 4 is 29.3 Å². The van der Waals surface area contributed by atoms with Gasteiger partial charge in [-0.2, -0.15) is 0 Å². The average molecular weight is 312 g/mol. The Morgan fingerprint density at radius 1 is 1.35 bits per heavy atom. The number of amides is 1. The number of thioether (sulfide) groups is 1. The van der Waals surface area contributed by atoms with Gasteiger partial charge in [-0.3, -0.25) is 4.79 Å². The van der Waals surface area contributed by atoms with Gasteiger partial charge in [0.15, 0.2) is 0 Å². The highest BCUT2D eigenvalue weighted by molar-refractivity contribution is 7.98. The summed E-state index contributed by atoms with van der Waals surface area (Å²) in [4.78, 5) is 13.5. The van der Waals surface area contributed by atoms with Crippen LogP contribution in [0.2, 0.25) is 5.02 Å². The number of carbonyl (C=O) groups excluding carboxylic acids is 1. The molecule has 0 radical (unpaired) electrons. The number of rotatable bonds is 3. The van der Waals surface area contributed by atoms with E-state index >= 15 is 0 Å². The Hall–Kier alpha value is -0.670. The molecule has 0 heterocycles. The molecule has 4 heteroatoms. The fraction of sp³-hybridized carbons (Fsp3) is 0.562. The molecule has 0 saturated heterocycles. The molecular weight excluding hydrogens is 290 g/mol. The number of hydrogen-bond acceptors (Lipinski definition) is 2. The molecule has 1 saturated carbocycles. The largest absolute Gasteiger partial charge is 0.349 e. The molecule has 0 aromatic heterocycles. The minimum atomic E-state index is -0.0446. The summed E-state index contributed by atoms with van der Waals surface area (Å²) in [5.41, 5.74) is 0.587. The molecule has 20 heavy (non-hydrogen) atoms. The van der Waals surface area contributed by atoms with Crippen LogP contribution < -0.4 is 5.32 Å². The summed E-state index contributed by atoms with van der Waals surface area (Å²) in [6.45, 7) is 4.50. The van der Waals surface area contributed by atoms with E-state index in [-0.39, 0.29) is 11.9 Å². The van der Waals surface area contributed by atoms with Crippen LogP contribution in [0, 0.1) is 11.8 Å². The molecule has 1 aliphatic rings. The van der Waals surface area contributed by atoms with Crippen LogP contribution in [0.1, 0.15) is 43.5 Å². The lowest BCUT2D eigenvalue weighted by Gasteiger charge is -2.34. The maximum Gasteiger partial charge on any atom is 0.253 e. The monoisotopic (exact) mass is 311 g/mol. The van der Waals surface area contributed by atoms with E-state index in [1.807, 2.05) is 18.4 Å². The highest BCUT2D eigenvalue weighted by Crippen LogP contribution is 2.30. The summed E-state index contributed by atoms with van der Waals surface area (Å²) in [6.07, 6.45) is 5.51. The van der Waals surface area contributed by atoms with Gasteiger partial charge in [0.2, 0.25) is 0 Å². The summed E-state index contributed by atoms with van der Waals surface area (Å²) >= 11 is 7.78. The number of benzene rings is 1. The van der Waals surface area contributed by atoms with Crippen molar-refractivity contribution in [2.24, 2.45) is 11.8 Å². The van der Waals surface area contributed by atoms with Gasteiger partial charge in [0.1, 0.15) is 0 Å². The number of hydrogen-bond donors (Lipinski definition) is 1. The number of carbonyl (C=O) groups is 1. The Morgan fingerprint density at radius 2 is 2.10 bits per heavy atom. The maximum absolute atomic E-state index is 12.4. The minimum absolute atomic E-state index is 0.0446. The number of nitrogens with one attached hydrogen (secondary N) is 1. The van der Waals surface area contributed by atoms with E-state index in [0.29, 0.717) is 22.4 Å². The molecule has 2 rings (SSSR count). The van der Waals surface area contributed by atoms with Crippen molar-refractivity contribution in [3.63, 3.8) is 0 Å². The Kier molecular flexibility index (Phi) is 5.39. The van der Waals surface area contributed by atoms with Gasteiger partial charge in [0.25, 0.3) is 5.91 Å². The van der Waals surface area contributed by atoms with Crippen molar-refractivity contribution in [1.82, 2.24) is 5.32 Å². The first-order chi connectivity index (χ1) is 9.52. The lowest BCUT2D eigenvalue weighted by Crippen LogP contribution is -2.43. The van der Waals surface area contributed by atoms with E-state index in [0.717, 1.165) is 11.3 Å². The summed E-state index contributed by atoms with van der Waals surface area (Å²) in [5, 5.41) is 3.70. The van der Waals surface area contributed by atoms with Crippen molar-refractivity contribution < 1.29 is 4.79 Å². The maximum atomic E-state index is 12.4. The SMILES string of the molecule is CSc1ccc(Cl)c(C(=O)NC2CCCC(C)C2C)c1. The van der Waals surface area contributed by atoms with Crippen LogP contribution in [-0.4, -0.2) is 18.2 Å². The molecule has 0 spiro atoms. The lowest BCUT2D eigenvalue weighted by atomic mass is 9.78. The fourth-order valence-electron chi connectivity index (χ4n) is 2.84. The molecule has 3 atom stereocenters. The third kappa shape index (κ3) is 3.50. The Balaban J connectivity index is 2.11. The topological polar surface area (TPSA) is 29.1 Å². The molecule has 110 valence electrons. The highest BCUT2D eigenvalue weighted by Gasteiger charge is 2.28. The first-order valence-corrected chi connectivity index (χ1v) is 8.77. The lowest BCUT2D eigenvalue weighted by molar-refractivity contribution is 0.0891. The molecule has 1 N–H and O–H groups in total. The normalized spacial score (nSPS) is 26.3. The van der Waals surface area contributed by atoms with Crippen molar-refractivity contribution in [2.75, 3.05) is 6.26 Å². The van der Waals surface area contributed by atoms with Gasteiger partial charge < -0.3 is 5.32 Å². The first-order valence-electron chi connectivity index (χ1n) is 7.17. The van der Waals surface area contributed by atoms with E-state index < -0.39 is 0 Å². The van der Waals surface area contributed by atoms with E-state index in [1.54, 1.807) is 17.8 Å². The third-order valence-corrected chi connectivity index (χ3v) is 5.50. The van der Waals surface area contributed by atoms with Gasteiger partial charge in [-0.05, 0) is 42.7 Å². The standard InChI is InChI=1S/C16H22ClNOS/c1-10-5-4-6-15(11(10)2)18-16(19)13-9-12(20-3)7-8-14(13)17/h7-11,15H,4-6H2,1-3H3,(H,18,19). The summed E-state index contributed by atoms with van der Waals surface area (Å²) in [7, 11) is 0. The molecule has 1 aliphatic carbocycles. The Morgan fingerprint density at radius 3 is 2.80 bits per heavy atom. The summed E-state index contributed by atoms with van der Waals surface area (Å²) in [6, 6.07) is 5.88. The van der Waals surface area contributed by atoms with Crippen LogP contribution in [0.25, 0.3) is 0 Å². The molecule has 2 nitrogen and oxygen atoms in total. The average Bonchev–Trinajstić information content (AvgIpc) is 2.44. The molecule has 1 fully saturated rings. The quantitative estimate of drug-likeness (QED) is 0.825. The number of halogens is 1. The second-order valence-electron chi connectivity index (χ2n) is 5.69. The van der Waals surface area contributed by atoms with Gasteiger partial charge in [-0.25, -0.2) is 0 Å². The van der Waals surface area contributed by atoms with Gasteiger partial charge in [0.05, 0.1) is 10.6 Å². The fourth-order valence-corrected chi connectivity index (χ4v) is 3.48. The Bertz CT molecular complexity index is 491. The van der Waals surface area contributed by atoms with Crippen molar-refractivity contribution in [1.29, 1.82) is 0 Å². The van der Waals surface area contributed by atoms with Gasteiger partial charge in [0, 0.05) is 10.9 Å². The Labute approximate surface area is 130 Å². The summed E-state index contributed by atoms with van der Waals surface area (Å²) in [5.74, 6) is 1.15. The van der Waals surface area contributed by atoms with E-state index in [9.17, 15) is 4.79 Å². The van der Waals surface area contributed by atoms with Crippen LogP contribution in [0.4, 0.5) is 0 Å². The van der Waals surface area contributed by atoms with Gasteiger partial charge in [-0.15, -0.1) is 11.8 Å². The highest BCUT2D eigenvalue weighted by atomic mass is 35.5. The third-order valence-electron chi connectivity index (χ3n) is 4.44. The van der Waals surface area contributed by atoms with E-state index in [2.05, 4.69) is 19.2 Å². The molecule has 0 aliphatic heterocycles. The smallest absolute Gasteiger partial charge is 0.253 e. The summed E-state index contributed by atoms with van der Waals surface area (Å²) < 4.78 is 0. The molecule has 1 amide bonds. The van der Waals surface area contributed by atoms with Crippen molar-refractivity contribution in [3.05, 3.63) is 28.8 Å². The van der Waals surface area contributed by atoms with E-state index in [4.69, 9.17) is 11.6 Å². The second kappa shape index (κ2) is 6.86. The first kappa shape index (κ1) is 15.7. The van der Waals surface area contributed by atoms with Crippen LogP contribution >= 0.6 is 23.4 Å². The van der Waals surface area contributed by atoms with Crippen molar-refractivity contribution in [3.8, 4) is 0 Å². The van der Waals surface area contributed by atoms with Crippen LogP contribution in [0.3, 0.4) is 0 Å². The molecule has 1 aromatic carbocycles. The molecule has 0 bridgehead atoms. The van der Waals surface area contributed by atoms with Crippen molar-refractivity contribution in [2.45, 2.75) is 44.0 Å². The zero-order valence-corrected chi connectivity index (χ0v) is 13.9. The second-order valence-corrected chi connectivity index (χ2v) is 6.98.